The fourth-order valence-electron chi connectivity index (χ4n) is 1.18. The molecule has 1 rings (SSSR count). The van der Waals surface area contributed by atoms with Gasteiger partial charge < -0.3 is 15.0 Å². The van der Waals surface area contributed by atoms with Crippen molar-refractivity contribution >= 4 is 0 Å². The van der Waals surface area contributed by atoms with Crippen LogP contribution in [0.3, 0.4) is 0 Å². The Morgan fingerprint density at radius 1 is 1.32 bits per heavy atom. The molecule has 0 radical (unpaired) electrons. The number of nitrogens with zero attached hydrogens (tertiary/aromatic N) is 2. The molecule has 5 nitrogen and oxygen atoms in total. The van der Waals surface area contributed by atoms with Gasteiger partial charge in [-0.1, -0.05) is 25.9 Å². The Labute approximate surface area is 109 Å². The monoisotopic (exact) mass is 281 g/mol. The summed E-state index contributed by atoms with van der Waals surface area (Å²) in [7, 11) is 0. The minimum atomic E-state index is -4.36. The number of alkyl halides is 3. The van der Waals surface area contributed by atoms with Crippen molar-refractivity contribution in [1.82, 2.24) is 10.1 Å². The first-order valence-electron chi connectivity index (χ1n) is 5.79. The fraction of sp³-hybridized carbons (Fsp3) is 0.818. The number of rotatable bonds is 5. The standard InChI is InChI=1S/C11H18F3N3O2/c1-10(2,3)7(15)4-9-16-8(17-19-9)5-18-6-11(12,13)14/h7H,4-6,15H2,1-3H3. The summed E-state index contributed by atoms with van der Waals surface area (Å²) in [6, 6.07) is -0.183. The van der Waals surface area contributed by atoms with E-state index in [0.29, 0.717) is 12.3 Å². The molecule has 0 aliphatic carbocycles. The second kappa shape index (κ2) is 5.87. The molecule has 2 N–H and O–H groups in total. The van der Waals surface area contributed by atoms with Crippen LogP contribution in [0.15, 0.2) is 4.52 Å². The molecule has 1 aromatic rings. The van der Waals surface area contributed by atoms with Gasteiger partial charge in [0.1, 0.15) is 13.2 Å². The van der Waals surface area contributed by atoms with E-state index in [0.717, 1.165) is 0 Å². The van der Waals surface area contributed by atoms with E-state index in [-0.39, 0.29) is 23.9 Å². The molecule has 0 bridgehead atoms. The van der Waals surface area contributed by atoms with Gasteiger partial charge >= 0.3 is 6.18 Å². The molecule has 0 saturated heterocycles. The lowest BCUT2D eigenvalue weighted by molar-refractivity contribution is -0.177. The van der Waals surface area contributed by atoms with Gasteiger partial charge in [-0.3, -0.25) is 0 Å². The van der Waals surface area contributed by atoms with Crippen molar-refractivity contribution in [3.05, 3.63) is 11.7 Å². The Hall–Kier alpha value is -1.15. The lowest BCUT2D eigenvalue weighted by Crippen LogP contribution is -2.37. The summed E-state index contributed by atoms with van der Waals surface area (Å²) in [5.74, 6) is 0.383. The molecular weight excluding hydrogens is 263 g/mol. The Morgan fingerprint density at radius 2 is 1.95 bits per heavy atom. The van der Waals surface area contributed by atoms with Gasteiger partial charge in [-0.15, -0.1) is 0 Å². The van der Waals surface area contributed by atoms with Crippen molar-refractivity contribution in [1.29, 1.82) is 0 Å². The Kier molecular flexibility index (Phi) is 4.92. The molecule has 0 aliphatic rings. The topological polar surface area (TPSA) is 74.2 Å². The van der Waals surface area contributed by atoms with Crippen LogP contribution in [-0.2, 0) is 17.8 Å². The van der Waals surface area contributed by atoms with Gasteiger partial charge in [0.2, 0.25) is 5.89 Å². The first kappa shape index (κ1) is 15.9. The lowest BCUT2D eigenvalue weighted by Gasteiger charge is -2.25. The van der Waals surface area contributed by atoms with E-state index in [1.54, 1.807) is 0 Å². The van der Waals surface area contributed by atoms with Crippen molar-refractivity contribution in [3.8, 4) is 0 Å². The third-order valence-corrected chi connectivity index (χ3v) is 2.51. The van der Waals surface area contributed by atoms with Crippen LogP contribution in [0.1, 0.15) is 32.5 Å². The molecule has 0 saturated carbocycles. The summed E-state index contributed by atoms with van der Waals surface area (Å²) in [5.41, 5.74) is 5.82. The summed E-state index contributed by atoms with van der Waals surface area (Å²) in [5, 5.41) is 3.54. The maximum absolute atomic E-state index is 11.9. The molecule has 0 aromatic carbocycles. The summed E-state index contributed by atoms with van der Waals surface area (Å²) in [6.45, 7) is 4.25. The molecule has 19 heavy (non-hydrogen) atoms. The molecule has 1 atom stereocenters. The number of nitrogens with two attached hydrogens (primary N) is 1. The highest BCUT2D eigenvalue weighted by Crippen LogP contribution is 2.20. The first-order valence-corrected chi connectivity index (χ1v) is 5.79. The van der Waals surface area contributed by atoms with E-state index in [2.05, 4.69) is 14.9 Å². The van der Waals surface area contributed by atoms with Crippen molar-refractivity contribution < 1.29 is 22.4 Å². The molecule has 0 spiro atoms. The summed E-state index contributed by atoms with van der Waals surface area (Å²) < 4.78 is 44.9. The van der Waals surface area contributed by atoms with Crippen LogP contribution in [-0.4, -0.2) is 29.0 Å². The maximum atomic E-state index is 11.9. The highest BCUT2D eigenvalue weighted by molar-refractivity contribution is 4.91. The average Bonchev–Trinajstić information content (AvgIpc) is 2.62. The highest BCUT2D eigenvalue weighted by Gasteiger charge is 2.28. The van der Waals surface area contributed by atoms with Gasteiger partial charge in [0.05, 0.1) is 0 Å². The zero-order valence-corrected chi connectivity index (χ0v) is 11.1. The van der Waals surface area contributed by atoms with Crippen LogP contribution in [0.2, 0.25) is 0 Å². The molecule has 0 amide bonds. The van der Waals surface area contributed by atoms with E-state index in [1.807, 2.05) is 20.8 Å². The highest BCUT2D eigenvalue weighted by atomic mass is 19.4. The van der Waals surface area contributed by atoms with Gasteiger partial charge in [-0.25, -0.2) is 0 Å². The molecule has 1 aromatic heterocycles. The largest absolute Gasteiger partial charge is 0.411 e. The van der Waals surface area contributed by atoms with Gasteiger partial charge in [0.25, 0.3) is 0 Å². The maximum Gasteiger partial charge on any atom is 0.411 e. The van der Waals surface area contributed by atoms with Gasteiger partial charge in [-0.05, 0) is 5.41 Å². The zero-order valence-electron chi connectivity index (χ0n) is 11.1. The second-order valence-corrected chi connectivity index (χ2v) is 5.39. The van der Waals surface area contributed by atoms with Gasteiger partial charge in [0.15, 0.2) is 5.82 Å². The van der Waals surface area contributed by atoms with Crippen molar-refractivity contribution in [2.75, 3.05) is 6.61 Å². The Balaban J connectivity index is 2.45. The minimum absolute atomic E-state index is 0.0837. The van der Waals surface area contributed by atoms with Crippen molar-refractivity contribution in [3.63, 3.8) is 0 Å². The predicted octanol–water partition coefficient (Wildman–Crippen LogP) is 2.06. The van der Waals surface area contributed by atoms with Crippen molar-refractivity contribution in [2.45, 2.75) is 46.0 Å². The molecule has 0 aliphatic heterocycles. The molecule has 1 unspecified atom stereocenters. The summed E-state index contributed by atoms with van der Waals surface area (Å²) >= 11 is 0. The second-order valence-electron chi connectivity index (χ2n) is 5.39. The van der Waals surface area contributed by atoms with Crippen LogP contribution in [0.5, 0.6) is 0 Å². The molecular formula is C11H18F3N3O2. The van der Waals surface area contributed by atoms with E-state index >= 15 is 0 Å². The zero-order chi connectivity index (χ0) is 14.7. The summed E-state index contributed by atoms with van der Waals surface area (Å²) in [4.78, 5) is 3.93. The van der Waals surface area contributed by atoms with Crippen LogP contribution < -0.4 is 5.73 Å². The van der Waals surface area contributed by atoms with E-state index < -0.39 is 12.8 Å². The normalized spacial score (nSPS) is 14.7. The van der Waals surface area contributed by atoms with E-state index in [4.69, 9.17) is 10.3 Å². The number of hydrogen-bond acceptors (Lipinski definition) is 5. The quantitative estimate of drug-likeness (QED) is 0.894. The van der Waals surface area contributed by atoms with Crippen LogP contribution in [0, 0.1) is 5.41 Å². The average molecular weight is 281 g/mol. The fourth-order valence-corrected chi connectivity index (χ4v) is 1.18. The Morgan fingerprint density at radius 3 is 2.47 bits per heavy atom. The third kappa shape index (κ3) is 6.02. The third-order valence-electron chi connectivity index (χ3n) is 2.51. The smallest absolute Gasteiger partial charge is 0.364 e. The van der Waals surface area contributed by atoms with E-state index in [9.17, 15) is 13.2 Å². The van der Waals surface area contributed by atoms with Crippen LogP contribution in [0.25, 0.3) is 0 Å². The van der Waals surface area contributed by atoms with Gasteiger partial charge in [0, 0.05) is 12.5 Å². The van der Waals surface area contributed by atoms with E-state index in [1.165, 1.54) is 0 Å². The molecule has 110 valence electrons. The molecule has 8 heteroatoms. The number of ether oxygens (including phenoxy) is 1. The predicted molar refractivity (Wildman–Crippen MR) is 61.1 cm³/mol. The first-order chi connectivity index (χ1) is 8.58. The van der Waals surface area contributed by atoms with Gasteiger partial charge in [-0.2, -0.15) is 18.2 Å². The lowest BCUT2D eigenvalue weighted by atomic mass is 9.85. The molecule has 0 fully saturated rings. The SMILES string of the molecule is CC(C)(C)C(N)Cc1nc(COCC(F)(F)F)no1. The number of halogens is 3. The van der Waals surface area contributed by atoms with Crippen molar-refractivity contribution in [2.24, 2.45) is 11.1 Å². The number of aromatic nitrogens is 2. The summed E-state index contributed by atoms with van der Waals surface area (Å²) in [6.07, 6.45) is -3.99. The van der Waals surface area contributed by atoms with Crippen LogP contribution in [0.4, 0.5) is 13.2 Å². The van der Waals surface area contributed by atoms with Crippen LogP contribution >= 0.6 is 0 Å². The Bertz CT molecular complexity index is 399. The number of hydrogen-bond donors (Lipinski definition) is 1. The molecule has 1 heterocycles. The minimum Gasteiger partial charge on any atom is -0.364 e.